The third kappa shape index (κ3) is 6.23. The Morgan fingerprint density at radius 1 is 1.00 bits per heavy atom. The molecule has 11 heteroatoms. The smallest absolute Gasteiger partial charge is 0.264 e. The van der Waals surface area contributed by atoms with Gasteiger partial charge in [-0.2, -0.15) is 10.2 Å². The van der Waals surface area contributed by atoms with Crippen LogP contribution < -0.4 is 10.9 Å². The second kappa shape index (κ2) is 13.3. The summed E-state index contributed by atoms with van der Waals surface area (Å²) in [6.07, 6.45) is 7.12. The summed E-state index contributed by atoms with van der Waals surface area (Å²) in [7, 11) is 2.16. The van der Waals surface area contributed by atoms with Gasteiger partial charge < -0.3 is 10.2 Å². The van der Waals surface area contributed by atoms with E-state index in [-0.39, 0.29) is 11.5 Å². The fraction of sp³-hybridized carbons (Fsp3) is 0.270. The number of carbonyl (C=O) groups is 1. The van der Waals surface area contributed by atoms with E-state index < -0.39 is 6.04 Å². The van der Waals surface area contributed by atoms with E-state index in [1.54, 1.807) is 40.7 Å². The minimum absolute atomic E-state index is 0.212. The molecule has 1 fully saturated rings. The average molecular weight is 640 g/mol. The van der Waals surface area contributed by atoms with E-state index in [2.05, 4.69) is 49.2 Å². The fourth-order valence-corrected chi connectivity index (χ4v) is 6.26. The zero-order chi connectivity index (χ0) is 33.2. The number of rotatable bonds is 7. The maximum absolute atomic E-state index is 14.4. The Bertz CT molecular complexity index is 2230. The maximum atomic E-state index is 14.4. The minimum Gasteiger partial charge on any atom is -0.344 e. The van der Waals surface area contributed by atoms with Crippen LogP contribution in [0.2, 0.25) is 0 Å². The van der Waals surface area contributed by atoms with Crippen molar-refractivity contribution in [1.82, 2.24) is 44.1 Å². The van der Waals surface area contributed by atoms with Crippen LogP contribution in [-0.4, -0.2) is 84.4 Å². The Labute approximate surface area is 278 Å². The normalized spacial score (nSPS) is 14.6. The number of nitrogens with one attached hydrogen (secondary N) is 1. The highest BCUT2D eigenvalue weighted by atomic mass is 16.2. The van der Waals surface area contributed by atoms with Crippen LogP contribution in [0.1, 0.15) is 45.8 Å². The number of benzene rings is 2. The maximum Gasteiger partial charge on any atom is 0.264 e. The first-order valence-electron chi connectivity index (χ1n) is 16.2. The van der Waals surface area contributed by atoms with Crippen molar-refractivity contribution in [2.75, 3.05) is 39.8 Å². The fourth-order valence-electron chi connectivity index (χ4n) is 6.26. The lowest BCUT2D eigenvalue weighted by atomic mass is 10.0. The molecule has 7 rings (SSSR count). The van der Waals surface area contributed by atoms with Gasteiger partial charge in [0.2, 0.25) is 0 Å². The summed E-state index contributed by atoms with van der Waals surface area (Å²) in [4.78, 5) is 37.2. The topological polar surface area (TPSA) is 106 Å². The molecule has 0 saturated carbocycles. The van der Waals surface area contributed by atoms with Crippen molar-refractivity contribution < 1.29 is 4.79 Å². The van der Waals surface area contributed by atoms with Gasteiger partial charge in [0.25, 0.3) is 11.5 Å². The number of piperazine rings is 1. The zero-order valence-electron chi connectivity index (χ0n) is 27.3. The first-order valence-corrected chi connectivity index (χ1v) is 16.2. The quantitative estimate of drug-likeness (QED) is 0.266. The number of carbonyl (C=O) groups excluding carboxylic acids is 1. The molecule has 1 N–H and O–H groups in total. The minimum atomic E-state index is -0.528. The van der Waals surface area contributed by atoms with Gasteiger partial charge in [-0.25, -0.2) is 9.50 Å². The largest absolute Gasteiger partial charge is 0.344 e. The van der Waals surface area contributed by atoms with E-state index >= 15 is 0 Å². The zero-order valence-corrected chi connectivity index (χ0v) is 27.3. The molecule has 5 heterocycles. The van der Waals surface area contributed by atoms with Crippen LogP contribution in [0, 0.1) is 18.8 Å². The van der Waals surface area contributed by atoms with E-state index in [1.807, 2.05) is 72.4 Å². The van der Waals surface area contributed by atoms with Gasteiger partial charge in [-0.15, -0.1) is 0 Å². The van der Waals surface area contributed by atoms with Gasteiger partial charge in [-0.1, -0.05) is 42.2 Å². The Morgan fingerprint density at radius 3 is 2.62 bits per heavy atom. The molecule has 1 aliphatic heterocycles. The van der Waals surface area contributed by atoms with Crippen molar-refractivity contribution in [2.45, 2.75) is 26.4 Å². The lowest BCUT2D eigenvalue weighted by Gasteiger charge is -2.32. The molecule has 0 spiro atoms. The van der Waals surface area contributed by atoms with Gasteiger partial charge in [-0.3, -0.25) is 23.7 Å². The first kappa shape index (κ1) is 31.1. The first-order chi connectivity index (χ1) is 23.4. The van der Waals surface area contributed by atoms with Crippen molar-refractivity contribution in [2.24, 2.45) is 0 Å². The molecule has 1 amide bonds. The van der Waals surface area contributed by atoms with Gasteiger partial charge in [0.05, 0.1) is 35.4 Å². The highest BCUT2D eigenvalue weighted by Crippen LogP contribution is 2.24. The van der Waals surface area contributed by atoms with Crippen LogP contribution in [0.5, 0.6) is 0 Å². The number of nitrogens with zero attached hydrogens (tertiary/aromatic N) is 8. The summed E-state index contributed by atoms with van der Waals surface area (Å²) in [5, 5.41) is 13.3. The highest BCUT2D eigenvalue weighted by molar-refractivity contribution is 6.01. The van der Waals surface area contributed by atoms with E-state index in [1.165, 1.54) is 0 Å². The van der Waals surface area contributed by atoms with Gasteiger partial charge in [0, 0.05) is 68.3 Å². The van der Waals surface area contributed by atoms with Crippen LogP contribution in [0.15, 0.2) is 90.2 Å². The van der Waals surface area contributed by atoms with E-state index in [0.29, 0.717) is 39.2 Å². The molecule has 1 atom stereocenters. The van der Waals surface area contributed by atoms with Crippen molar-refractivity contribution in [3.05, 3.63) is 124 Å². The molecular weight excluding hydrogens is 602 g/mol. The van der Waals surface area contributed by atoms with Crippen LogP contribution in [0.3, 0.4) is 0 Å². The third-order valence-electron chi connectivity index (χ3n) is 8.89. The predicted molar refractivity (Wildman–Crippen MR) is 185 cm³/mol. The summed E-state index contributed by atoms with van der Waals surface area (Å²) in [6.45, 7) is 9.71. The Kier molecular flexibility index (Phi) is 8.59. The molecule has 0 aliphatic carbocycles. The number of pyridine rings is 1. The second-order valence-electron chi connectivity index (χ2n) is 12.2. The molecule has 242 valence electrons. The van der Waals surface area contributed by atoms with Crippen LogP contribution in [0.25, 0.3) is 22.1 Å². The van der Waals surface area contributed by atoms with Crippen LogP contribution >= 0.6 is 0 Å². The lowest BCUT2D eigenvalue weighted by Crippen LogP contribution is -2.45. The van der Waals surface area contributed by atoms with Crippen molar-refractivity contribution >= 4 is 22.3 Å². The Balaban J connectivity index is 1.20. The third-order valence-corrected chi connectivity index (χ3v) is 8.89. The van der Waals surface area contributed by atoms with Gasteiger partial charge in [0.1, 0.15) is 5.56 Å². The molecule has 4 aromatic heterocycles. The Morgan fingerprint density at radius 2 is 1.81 bits per heavy atom. The lowest BCUT2D eigenvalue weighted by molar-refractivity contribution is 0.0939. The molecular formula is C37H37N9O2. The summed E-state index contributed by atoms with van der Waals surface area (Å²) in [5.41, 5.74) is 3.99. The SMILES string of the molecule is Cc1nn2cccnc2c1C(=O)NC(C)c1cc2cccc(C#Cc3cnn(CCN4CCN(C)CC4)c3)c2c(=O)n1-c1ccccc1. The molecule has 2 aromatic carbocycles. The molecule has 11 nitrogen and oxygen atoms in total. The number of fused-ring (bicyclic) bond motifs is 2. The number of para-hydroxylation sites is 1. The molecule has 6 aromatic rings. The second-order valence-corrected chi connectivity index (χ2v) is 12.2. The molecule has 0 radical (unpaired) electrons. The number of hydrogen-bond acceptors (Lipinski definition) is 7. The molecule has 1 saturated heterocycles. The van der Waals surface area contributed by atoms with Gasteiger partial charge >= 0.3 is 0 Å². The predicted octanol–water partition coefficient (Wildman–Crippen LogP) is 3.68. The standard InChI is InChI=1S/C37H37N9O2/c1-26(40-36(47)33-27(2)41-45-16-8-15-38-35(33)45)32-23-30-10-7-9-29(34(30)37(48)46(32)31-11-5-4-6-12-31)14-13-28-24-39-44(25-28)22-21-43-19-17-42(3)18-20-43/h4-12,15-16,23-26H,17-22H2,1-3H3,(H,40,47). The van der Waals surface area contributed by atoms with E-state index in [0.717, 1.165) is 50.2 Å². The van der Waals surface area contributed by atoms with Gasteiger partial charge in [0.15, 0.2) is 5.65 Å². The number of aromatic nitrogens is 6. The molecule has 1 aliphatic rings. The van der Waals surface area contributed by atoms with Crippen LogP contribution in [0.4, 0.5) is 0 Å². The Hall–Kier alpha value is -5.57. The van der Waals surface area contributed by atoms with Gasteiger partial charge in [-0.05, 0) is 56.6 Å². The summed E-state index contributed by atoms with van der Waals surface area (Å²) in [6, 6.07) is 18.3. The summed E-state index contributed by atoms with van der Waals surface area (Å²) < 4.78 is 5.18. The summed E-state index contributed by atoms with van der Waals surface area (Å²) >= 11 is 0. The number of likely N-dealkylation sites (N-methyl/N-ethyl adjacent to an activating group) is 1. The summed E-state index contributed by atoms with van der Waals surface area (Å²) in [5.74, 6) is 6.17. The number of aryl methyl sites for hydroxylation is 1. The monoisotopic (exact) mass is 639 g/mol. The number of hydrogen-bond donors (Lipinski definition) is 1. The van der Waals surface area contributed by atoms with E-state index in [4.69, 9.17) is 0 Å². The molecule has 1 unspecified atom stereocenters. The molecule has 0 bridgehead atoms. The highest BCUT2D eigenvalue weighted by Gasteiger charge is 2.23. The van der Waals surface area contributed by atoms with Crippen LogP contribution in [-0.2, 0) is 6.54 Å². The van der Waals surface area contributed by atoms with Crippen molar-refractivity contribution in [1.29, 1.82) is 0 Å². The number of amides is 1. The van der Waals surface area contributed by atoms with E-state index in [9.17, 15) is 9.59 Å². The average Bonchev–Trinajstić information content (AvgIpc) is 3.70. The van der Waals surface area contributed by atoms with Crippen molar-refractivity contribution in [3.63, 3.8) is 0 Å². The molecule has 48 heavy (non-hydrogen) atoms. The van der Waals surface area contributed by atoms with Crippen molar-refractivity contribution in [3.8, 4) is 17.5 Å².